The van der Waals surface area contributed by atoms with Crippen molar-refractivity contribution in [3.05, 3.63) is 29.8 Å². The summed E-state index contributed by atoms with van der Waals surface area (Å²) >= 11 is 0. The molecule has 0 spiro atoms. The molecule has 7 nitrogen and oxygen atoms in total. The fraction of sp³-hybridized carbons (Fsp3) is 0.412. The van der Waals surface area contributed by atoms with Crippen molar-refractivity contribution >= 4 is 29.1 Å². The van der Waals surface area contributed by atoms with Crippen molar-refractivity contribution in [2.45, 2.75) is 33.4 Å². The maximum absolute atomic E-state index is 12.7. The summed E-state index contributed by atoms with van der Waals surface area (Å²) in [6.45, 7) is 5.49. The van der Waals surface area contributed by atoms with Crippen LogP contribution in [0.1, 0.15) is 32.8 Å². The number of nitrogens with one attached hydrogen (secondary N) is 3. The van der Waals surface area contributed by atoms with E-state index in [1.807, 2.05) is 19.3 Å². The van der Waals surface area contributed by atoms with E-state index in [2.05, 4.69) is 15.7 Å². The Balaban J connectivity index is 2.55. The zero-order valence-corrected chi connectivity index (χ0v) is 15.1. The lowest BCUT2D eigenvalue weighted by atomic mass is 10.2. The van der Waals surface area contributed by atoms with Gasteiger partial charge in [0, 0.05) is 17.9 Å². The fourth-order valence-corrected chi connectivity index (χ4v) is 1.82. The number of anilines is 1. The number of carbonyl (C=O) groups excluding carboxylic acids is 3. The number of benzene rings is 1. The largest absolute Gasteiger partial charge is 0.416 e. The number of hydrazone groups is 1. The number of nitrogens with zero attached hydrogens (tertiary/aromatic N) is 1. The molecule has 0 unspecified atom stereocenters. The van der Waals surface area contributed by atoms with E-state index >= 15 is 0 Å². The Morgan fingerprint density at radius 1 is 1.15 bits per heavy atom. The van der Waals surface area contributed by atoms with Gasteiger partial charge in [0.1, 0.15) is 0 Å². The van der Waals surface area contributed by atoms with Crippen LogP contribution >= 0.6 is 0 Å². The predicted molar refractivity (Wildman–Crippen MR) is 93.8 cm³/mol. The summed E-state index contributed by atoms with van der Waals surface area (Å²) in [5.41, 5.74) is 1.29. The summed E-state index contributed by atoms with van der Waals surface area (Å²) in [5.74, 6) is -2.28. The van der Waals surface area contributed by atoms with E-state index in [1.54, 1.807) is 0 Å². The highest BCUT2D eigenvalue weighted by molar-refractivity contribution is 6.35. The average molecular weight is 386 g/mol. The summed E-state index contributed by atoms with van der Waals surface area (Å²) in [6.07, 6.45) is -4.79. The third-order valence-corrected chi connectivity index (χ3v) is 3.12. The molecule has 0 radical (unpaired) electrons. The number of halogens is 3. The first-order chi connectivity index (χ1) is 12.5. The molecule has 1 rings (SSSR count). The summed E-state index contributed by atoms with van der Waals surface area (Å²) in [7, 11) is 0. The van der Waals surface area contributed by atoms with Crippen molar-refractivity contribution in [1.82, 2.24) is 10.7 Å². The Bertz CT molecular complexity index is 730. The van der Waals surface area contributed by atoms with Gasteiger partial charge >= 0.3 is 18.0 Å². The molecule has 0 aliphatic rings. The lowest BCUT2D eigenvalue weighted by Crippen LogP contribution is -2.39. The van der Waals surface area contributed by atoms with Gasteiger partial charge in [-0.1, -0.05) is 19.9 Å². The monoisotopic (exact) mass is 386 g/mol. The SMILES string of the molecule is C/C(CC(=O)Nc1cccc(C(F)(F)F)c1)=N/NC(=O)C(=O)NCC(C)C. The second kappa shape index (κ2) is 9.70. The Morgan fingerprint density at radius 3 is 2.41 bits per heavy atom. The molecule has 10 heteroatoms. The van der Waals surface area contributed by atoms with Crippen LogP contribution < -0.4 is 16.1 Å². The average Bonchev–Trinajstić information content (AvgIpc) is 2.56. The van der Waals surface area contributed by atoms with E-state index in [9.17, 15) is 27.6 Å². The van der Waals surface area contributed by atoms with Gasteiger partial charge in [-0.2, -0.15) is 18.3 Å². The first-order valence-electron chi connectivity index (χ1n) is 8.07. The molecule has 3 N–H and O–H groups in total. The first kappa shape index (κ1) is 22.1. The summed E-state index contributed by atoms with van der Waals surface area (Å²) < 4.78 is 38.0. The number of hydrogen-bond donors (Lipinski definition) is 3. The van der Waals surface area contributed by atoms with Gasteiger partial charge in [0.05, 0.1) is 12.0 Å². The highest BCUT2D eigenvalue weighted by atomic mass is 19.4. The number of amides is 3. The molecule has 3 amide bonds. The molecular weight excluding hydrogens is 365 g/mol. The zero-order chi connectivity index (χ0) is 20.6. The summed E-state index contributed by atoms with van der Waals surface area (Å²) in [5, 5.41) is 8.35. The maximum atomic E-state index is 12.7. The second-order valence-corrected chi connectivity index (χ2v) is 6.20. The zero-order valence-electron chi connectivity index (χ0n) is 15.1. The normalized spacial score (nSPS) is 11.9. The molecule has 0 saturated heterocycles. The highest BCUT2D eigenvalue weighted by Gasteiger charge is 2.30. The van der Waals surface area contributed by atoms with Crippen LogP contribution in [0.25, 0.3) is 0 Å². The standard InChI is InChI=1S/C17H21F3N4O3/c1-10(2)9-21-15(26)16(27)24-23-11(3)7-14(25)22-13-6-4-5-12(8-13)17(18,19)20/h4-6,8,10H,7,9H2,1-3H3,(H,21,26)(H,22,25)(H,24,27)/b23-11-. The number of carbonyl (C=O) groups is 3. The van der Waals surface area contributed by atoms with Crippen molar-refractivity contribution in [2.24, 2.45) is 11.0 Å². The topological polar surface area (TPSA) is 99.7 Å². The van der Waals surface area contributed by atoms with Crippen LogP contribution in [0.4, 0.5) is 18.9 Å². The Kier molecular flexibility index (Phi) is 7.95. The Morgan fingerprint density at radius 2 is 1.81 bits per heavy atom. The predicted octanol–water partition coefficient (Wildman–Crippen LogP) is 2.30. The van der Waals surface area contributed by atoms with E-state index < -0.39 is 29.5 Å². The molecular formula is C17H21F3N4O3. The third kappa shape index (κ3) is 8.34. The van der Waals surface area contributed by atoms with Crippen molar-refractivity contribution in [3.8, 4) is 0 Å². The van der Waals surface area contributed by atoms with E-state index in [0.717, 1.165) is 12.1 Å². The molecule has 1 aromatic rings. The minimum absolute atomic E-state index is 0.0141. The van der Waals surface area contributed by atoms with Gasteiger partial charge in [-0.05, 0) is 31.0 Å². The van der Waals surface area contributed by atoms with Crippen LogP contribution in [0.2, 0.25) is 0 Å². The highest BCUT2D eigenvalue weighted by Crippen LogP contribution is 2.30. The van der Waals surface area contributed by atoms with E-state index in [1.165, 1.54) is 19.1 Å². The summed E-state index contributed by atoms with van der Waals surface area (Å²) in [4.78, 5) is 34.9. The van der Waals surface area contributed by atoms with Crippen LogP contribution in [0, 0.1) is 5.92 Å². The van der Waals surface area contributed by atoms with Crippen LogP contribution in [0.3, 0.4) is 0 Å². The molecule has 0 aliphatic heterocycles. The smallest absolute Gasteiger partial charge is 0.348 e. The van der Waals surface area contributed by atoms with Gasteiger partial charge in [-0.25, -0.2) is 5.43 Å². The minimum Gasteiger partial charge on any atom is -0.348 e. The van der Waals surface area contributed by atoms with Gasteiger partial charge in [-0.3, -0.25) is 14.4 Å². The van der Waals surface area contributed by atoms with Crippen LogP contribution in [0.5, 0.6) is 0 Å². The van der Waals surface area contributed by atoms with Crippen LogP contribution in [0.15, 0.2) is 29.4 Å². The van der Waals surface area contributed by atoms with Gasteiger partial charge < -0.3 is 10.6 Å². The van der Waals surface area contributed by atoms with Crippen molar-refractivity contribution in [2.75, 3.05) is 11.9 Å². The van der Waals surface area contributed by atoms with E-state index in [4.69, 9.17) is 0 Å². The van der Waals surface area contributed by atoms with Gasteiger partial charge in [0.25, 0.3) is 0 Å². The van der Waals surface area contributed by atoms with Gasteiger partial charge in [-0.15, -0.1) is 0 Å². The Hall–Kier alpha value is -2.91. The molecule has 148 valence electrons. The molecule has 0 atom stereocenters. The van der Waals surface area contributed by atoms with Crippen molar-refractivity contribution < 1.29 is 27.6 Å². The third-order valence-electron chi connectivity index (χ3n) is 3.12. The van der Waals surface area contributed by atoms with Crippen molar-refractivity contribution in [3.63, 3.8) is 0 Å². The lowest BCUT2D eigenvalue weighted by Gasteiger charge is -2.10. The molecule has 0 saturated carbocycles. The Labute approximate surface area is 154 Å². The van der Waals surface area contributed by atoms with Gasteiger partial charge in [0.15, 0.2) is 0 Å². The molecule has 0 heterocycles. The van der Waals surface area contributed by atoms with Gasteiger partial charge in [0.2, 0.25) is 5.91 Å². The molecule has 27 heavy (non-hydrogen) atoms. The van der Waals surface area contributed by atoms with E-state index in [0.29, 0.717) is 6.54 Å². The maximum Gasteiger partial charge on any atom is 0.416 e. The molecule has 0 fully saturated rings. The lowest BCUT2D eigenvalue weighted by molar-refractivity contribution is -0.139. The van der Waals surface area contributed by atoms with Crippen LogP contribution in [-0.4, -0.2) is 30.0 Å². The molecule has 0 aromatic heterocycles. The number of alkyl halides is 3. The number of rotatable bonds is 6. The fourth-order valence-electron chi connectivity index (χ4n) is 1.82. The quantitative estimate of drug-likeness (QED) is 0.397. The molecule has 0 bridgehead atoms. The summed E-state index contributed by atoms with van der Waals surface area (Å²) in [6, 6.07) is 4.20. The van der Waals surface area contributed by atoms with E-state index in [-0.39, 0.29) is 23.7 Å². The van der Waals surface area contributed by atoms with Crippen molar-refractivity contribution in [1.29, 1.82) is 0 Å². The minimum atomic E-state index is -4.52. The van der Waals surface area contributed by atoms with Crippen LogP contribution in [-0.2, 0) is 20.6 Å². The first-order valence-corrected chi connectivity index (χ1v) is 8.07. The number of hydrogen-bond acceptors (Lipinski definition) is 4. The second-order valence-electron chi connectivity index (χ2n) is 6.20. The molecule has 1 aromatic carbocycles. The molecule has 0 aliphatic carbocycles.